The predicted molar refractivity (Wildman–Crippen MR) is 36.2 cm³/mol. The summed E-state index contributed by atoms with van der Waals surface area (Å²) >= 11 is 0. The SMILES string of the molecule is O=C[C@H](O)[C@@](O)(C=O)[C@@H](O)CO. The molecule has 0 aliphatic heterocycles. The molecule has 0 heterocycles. The first kappa shape index (κ1) is 11.2. The summed E-state index contributed by atoms with van der Waals surface area (Å²) < 4.78 is 0. The van der Waals surface area contributed by atoms with E-state index in [0.717, 1.165) is 0 Å². The van der Waals surface area contributed by atoms with Gasteiger partial charge in [0.05, 0.1) is 6.61 Å². The van der Waals surface area contributed by atoms with E-state index in [9.17, 15) is 9.59 Å². The van der Waals surface area contributed by atoms with Gasteiger partial charge in [0.1, 0.15) is 12.2 Å². The van der Waals surface area contributed by atoms with Gasteiger partial charge in [-0.25, -0.2) is 0 Å². The third-order valence-electron chi connectivity index (χ3n) is 1.50. The van der Waals surface area contributed by atoms with E-state index in [1.807, 2.05) is 0 Å². The van der Waals surface area contributed by atoms with E-state index in [0.29, 0.717) is 0 Å². The van der Waals surface area contributed by atoms with Crippen molar-refractivity contribution in [3.8, 4) is 0 Å². The van der Waals surface area contributed by atoms with Crippen LogP contribution in [0.4, 0.5) is 0 Å². The molecule has 0 bridgehead atoms. The molecule has 12 heavy (non-hydrogen) atoms. The summed E-state index contributed by atoms with van der Waals surface area (Å²) in [7, 11) is 0. The predicted octanol–water partition coefficient (Wildman–Crippen LogP) is -3.17. The van der Waals surface area contributed by atoms with Gasteiger partial charge in [-0.3, -0.25) is 4.79 Å². The van der Waals surface area contributed by atoms with E-state index >= 15 is 0 Å². The standard InChI is InChI=1S/C6H10O6/c7-1-4(10)6(12,3-9)5(11)2-8/h1,3-5,8,10-12H,2H2/t4-,5-,6-/m0/s1. The van der Waals surface area contributed by atoms with Crippen molar-refractivity contribution in [2.45, 2.75) is 17.8 Å². The van der Waals surface area contributed by atoms with Crippen LogP contribution in [0.15, 0.2) is 0 Å². The van der Waals surface area contributed by atoms with Crippen molar-refractivity contribution in [1.82, 2.24) is 0 Å². The maximum atomic E-state index is 10.2. The Morgan fingerprint density at radius 1 is 1.33 bits per heavy atom. The lowest BCUT2D eigenvalue weighted by Crippen LogP contribution is -2.55. The van der Waals surface area contributed by atoms with Crippen molar-refractivity contribution in [2.75, 3.05) is 6.61 Å². The Morgan fingerprint density at radius 3 is 2.08 bits per heavy atom. The van der Waals surface area contributed by atoms with Crippen LogP contribution in [0.5, 0.6) is 0 Å². The molecular weight excluding hydrogens is 168 g/mol. The fourth-order valence-corrected chi connectivity index (χ4v) is 0.601. The van der Waals surface area contributed by atoms with Crippen LogP contribution < -0.4 is 0 Å². The Kier molecular flexibility index (Phi) is 3.98. The van der Waals surface area contributed by atoms with Gasteiger partial charge in [0.2, 0.25) is 0 Å². The lowest BCUT2D eigenvalue weighted by molar-refractivity contribution is -0.167. The van der Waals surface area contributed by atoms with E-state index in [2.05, 4.69) is 0 Å². The van der Waals surface area contributed by atoms with Crippen LogP contribution in [-0.4, -0.2) is 57.4 Å². The smallest absolute Gasteiger partial charge is 0.180 e. The summed E-state index contributed by atoms with van der Waals surface area (Å²) in [6.07, 6.45) is -4.22. The monoisotopic (exact) mass is 178 g/mol. The van der Waals surface area contributed by atoms with Crippen LogP contribution in [0, 0.1) is 0 Å². The Balaban J connectivity index is 4.64. The third-order valence-corrected chi connectivity index (χ3v) is 1.50. The van der Waals surface area contributed by atoms with E-state index in [4.69, 9.17) is 20.4 Å². The molecule has 0 amide bonds. The van der Waals surface area contributed by atoms with Crippen molar-refractivity contribution in [3.05, 3.63) is 0 Å². The van der Waals surface area contributed by atoms with Crippen LogP contribution in [0.2, 0.25) is 0 Å². The highest BCUT2D eigenvalue weighted by atomic mass is 16.4. The van der Waals surface area contributed by atoms with Crippen molar-refractivity contribution in [2.24, 2.45) is 0 Å². The lowest BCUT2D eigenvalue weighted by Gasteiger charge is -2.27. The summed E-state index contributed by atoms with van der Waals surface area (Å²) in [6.45, 7) is -0.930. The normalized spacial score (nSPS) is 20.7. The van der Waals surface area contributed by atoms with Gasteiger partial charge in [0.25, 0.3) is 0 Å². The van der Waals surface area contributed by atoms with Crippen LogP contribution >= 0.6 is 0 Å². The largest absolute Gasteiger partial charge is 0.394 e. The van der Waals surface area contributed by atoms with E-state index in [1.54, 1.807) is 0 Å². The molecule has 0 aromatic rings. The number of hydrogen-bond acceptors (Lipinski definition) is 6. The minimum absolute atomic E-state index is 0.104. The molecule has 6 nitrogen and oxygen atoms in total. The topological polar surface area (TPSA) is 115 Å². The molecule has 0 aliphatic rings. The molecule has 0 radical (unpaired) electrons. The van der Waals surface area contributed by atoms with Crippen LogP contribution in [0.25, 0.3) is 0 Å². The number of aliphatic hydroxyl groups excluding tert-OH is 3. The first-order chi connectivity index (χ1) is 5.52. The highest BCUT2D eigenvalue weighted by molar-refractivity contribution is 5.73. The Bertz CT molecular complexity index is 169. The van der Waals surface area contributed by atoms with Gasteiger partial charge in [0, 0.05) is 0 Å². The second-order valence-electron chi connectivity index (χ2n) is 2.28. The maximum Gasteiger partial charge on any atom is 0.180 e. The van der Waals surface area contributed by atoms with Gasteiger partial charge in [0.15, 0.2) is 18.2 Å². The third kappa shape index (κ3) is 1.86. The van der Waals surface area contributed by atoms with Gasteiger partial charge < -0.3 is 25.2 Å². The maximum absolute atomic E-state index is 10.2. The molecule has 0 aromatic carbocycles. The molecule has 0 rings (SSSR count). The molecule has 6 heteroatoms. The first-order valence-corrected chi connectivity index (χ1v) is 3.14. The Morgan fingerprint density at radius 2 is 1.83 bits per heavy atom. The van der Waals surface area contributed by atoms with Gasteiger partial charge in [-0.1, -0.05) is 0 Å². The van der Waals surface area contributed by atoms with Crippen molar-refractivity contribution >= 4 is 12.6 Å². The number of aldehydes is 2. The number of hydrogen-bond donors (Lipinski definition) is 4. The minimum atomic E-state index is -2.63. The molecule has 0 saturated heterocycles. The highest BCUT2D eigenvalue weighted by Gasteiger charge is 2.42. The first-order valence-electron chi connectivity index (χ1n) is 3.14. The van der Waals surface area contributed by atoms with Crippen LogP contribution in [0.1, 0.15) is 0 Å². The zero-order valence-electron chi connectivity index (χ0n) is 6.12. The average Bonchev–Trinajstić information content (AvgIpc) is 2.13. The zero-order valence-corrected chi connectivity index (χ0v) is 6.12. The lowest BCUT2D eigenvalue weighted by atomic mass is 9.93. The van der Waals surface area contributed by atoms with E-state index < -0.39 is 24.4 Å². The van der Waals surface area contributed by atoms with Crippen molar-refractivity contribution < 1.29 is 30.0 Å². The molecule has 70 valence electrons. The summed E-state index contributed by atoms with van der Waals surface area (Å²) in [4.78, 5) is 20.2. The van der Waals surface area contributed by atoms with Gasteiger partial charge in [-0.2, -0.15) is 0 Å². The van der Waals surface area contributed by atoms with Crippen LogP contribution in [0.3, 0.4) is 0 Å². The second kappa shape index (κ2) is 4.27. The Hall–Kier alpha value is -0.820. The number of aliphatic hydroxyl groups is 4. The Labute approximate surface area is 68.1 Å². The molecule has 0 unspecified atom stereocenters. The fraction of sp³-hybridized carbons (Fsp3) is 0.667. The summed E-state index contributed by atoms with van der Waals surface area (Å²) in [5.41, 5.74) is -2.63. The number of rotatable bonds is 5. The van der Waals surface area contributed by atoms with Crippen molar-refractivity contribution in [1.29, 1.82) is 0 Å². The highest BCUT2D eigenvalue weighted by Crippen LogP contribution is 2.11. The quantitative estimate of drug-likeness (QED) is 0.330. The van der Waals surface area contributed by atoms with E-state index in [1.165, 1.54) is 0 Å². The van der Waals surface area contributed by atoms with Crippen LogP contribution in [-0.2, 0) is 9.59 Å². The zero-order chi connectivity index (χ0) is 9.78. The second-order valence-corrected chi connectivity index (χ2v) is 2.28. The van der Waals surface area contributed by atoms with Gasteiger partial charge in [-0.15, -0.1) is 0 Å². The van der Waals surface area contributed by atoms with Crippen molar-refractivity contribution in [3.63, 3.8) is 0 Å². The summed E-state index contributed by atoms with van der Waals surface area (Å²) in [5, 5.41) is 35.0. The van der Waals surface area contributed by atoms with E-state index in [-0.39, 0.29) is 12.6 Å². The molecular formula is C6H10O6. The minimum Gasteiger partial charge on any atom is -0.394 e. The summed E-state index contributed by atoms with van der Waals surface area (Å²) in [6, 6.07) is 0. The number of carbonyl (C=O) groups is 2. The molecule has 0 aromatic heterocycles. The molecule has 3 atom stereocenters. The molecule has 0 saturated carbocycles. The van der Waals surface area contributed by atoms with Gasteiger partial charge in [-0.05, 0) is 0 Å². The summed E-state index contributed by atoms with van der Waals surface area (Å²) in [5.74, 6) is 0. The van der Waals surface area contributed by atoms with Gasteiger partial charge >= 0.3 is 0 Å². The molecule has 0 aliphatic carbocycles. The average molecular weight is 178 g/mol. The molecule has 0 fully saturated rings. The molecule has 0 spiro atoms. The fourth-order valence-electron chi connectivity index (χ4n) is 0.601. The number of carbonyl (C=O) groups excluding carboxylic acids is 2. The molecule has 4 N–H and O–H groups in total.